The Morgan fingerprint density at radius 2 is 2.05 bits per heavy atom. The Morgan fingerprint density at radius 3 is 2.63 bits per heavy atom. The van der Waals surface area contributed by atoms with Crippen LogP contribution >= 0.6 is 34.5 Å². The van der Waals surface area contributed by atoms with Crippen molar-refractivity contribution in [3.63, 3.8) is 0 Å². The first-order valence-corrected chi connectivity index (χ1v) is 6.56. The van der Waals surface area contributed by atoms with E-state index in [9.17, 15) is 9.59 Å². The summed E-state index contributed by atoms with van der Waals surface area (Å²) >= 11 is 12.6. The molecule has 2 amide bonds. The third kappa shape index (κ3) is 3.23. The zero-order valence-corrected chi connectivity index (χ0v) is 11.6. The van der Waals surface area contributed by atoms with E-state index in [4.69, 9.17) is 28.9 Å². The van der Waals surface area contributed by atoms with Crippen LogP contribution in [0.15, 0.2) is 24.4 Å². The van der Waals surface area contributed by atoms with Gasteiger partial charge in [-0.2, -0.15) is 0 Å². The monoisotopic (exact) mass is 315 g/mol. The van der Waals surface area contributed by atoms with Crippen molar-refractivity contribution in [1.82, 2.24) is 4.98 Å². The van der Waals surface area contributed by atoms with Gasteiger partial charge < -0.3 is 5.73 Å². The second-order valence-corrected chi connectivity index (χ2v) is 5.35. The van der Waals surface area contributed by atoms with E-state index in [0.29, 0.717) is 5.02 Å². The number of benzene rings is 1. The van der Waals surface area contributed by atoms with Crippen LogP contribution in [0.25, 0.3) is 0 Å². The highest BCUT2D eigenvalue weighted by molar-refractivity contribution is 7.17. The molecule has 1 heterocycles. The Hall–Kier alpha value is -1.63. The largest absolute Gasteiger partial charge is 0.365 e. The van der Waals surface area contributed by atoms with Gasteiger partial charge in [0.1, 0.15) is 4.88 Å². The van der Waals surface area contributed by atoms with Crippen LogP contribution in [0.3, 0.4) is 0 Å². The molecule has 2 rings (SSSR count). The van der Waals surface area contributed by atoms with Crippen LogP contribution in [0.2, 0.25) is 10.0 Å². The van der Waals surface area contributed by atoms with Crippen molar-refractivity contribution in [2.24, 2.45) is 5.73 Å². The normalized spacial score (nSPS) is 10.2. The summed E-state index contributed by atoms with van der Waals surface area (Å²) in [7, 11) is 0. The third-order valence-corrected chi connectivity index (χ3v) is 3.62. The van der Waals surface area contributed by atoms with E-state index < -0.39 is 11.8 Å². The fourth-order valence-corrected chi connectivity index (χ4v) is 2.44. The molecule has 0 spiro atoms. The van der Waals surface area contributed by atoms with E-state index in [1.807, 2.05) is 0 Å². The Bertz CT molecular complexity index is 657. The zero-order chi connectivity index (χ0) is 14.0. The molecule has 0 aliphatic heterocycles. The average molecular weight is 316 g/mol. The third-order valence-electron chi connectivity index (χ3n) is 2.14. The minimum Gasteiger partial charge on any atom is -0.365 e. The lowest BCUT2D eigenvalue weighted by atomic mass is 10.2. The van der Waals surface area contributed by atoms with Gasteiger partial charge in [0.25, 0.3) is 11.8 Å². The molecule has 0 atom stereocenters. The van der Waals surface area contributed by atoms with Crippen molar-refractivity contribution in [3.8, 4) is 0 Å². The molecular formula is C11H7Cl2N3O2S. The summed E-state index contributed by atoms with van der Waals surface area (Å²) in [4.78, 5) is 27.0. The van der Waals surface area contributed by atoms with Gasteiger partial charge >= 0.3 is 0 Å². The van der Waals surface area contributed by atoms with Gasteiger partial charge in [0.2, 0.25) is 0 Å². The van der Waals surface area contributed by atoms with E-state index in [1.54, 1.807) is 6.07 Å². The number of carbonyl (C=O) groups excluding carboxylic acids is 2. The average Bonchev–Trinajstić information content (AvgIpc) is 2.77. The summed E-state index contributed by atoms with van der Waals surface area (Å²) in [5.74, 6) is -1.03. The van der Waals surface area contributed by atoms with Crippen molar-refractivity contribution in [2.75, 3.05) is 5.32 Å². The Labute approximate surface area is 122 Å². The van der Waals surface area contributed by atoms with Crippen molar-refractivity contribution in [2.45, 2.75) is 0 Å². The number of amides is 2. The first-order chi connectivity index (χ1) is 8.97. The molecule has 19 heavy (non-hydrogen) atoms. The number of nitrogens with two attached hydrogens (primary N) is 1. The lowest BCUT2D eigenvalue weighted by Crippen LogP contribution is -2.12. The first kappa shape index (κ1) is 13.8. The molecule has 5 nitrogen and oxygen atoms in total. The number of hydrogen-bond donors (Lipinski definition) is 2. The predicted octanol–water partition coefficient (Wildman–Crippen LogP) is 2.80. The van der Waals surface area contributed by atoms with Crippen LogP contribution < -0.4 is 11.1 Å². The van der Waals surface area contributed by atoms with E-state index >= 15 is 0 Å². The van der Waals surface area contributed by atoms with Crippen LogP contribution in [0.1, 0.15) is 20.0 Å². The number of aromatic nitrogens is 1. The van der Waals surface area contributed by atoms with E-state index in [0.717, 1.165) is 11.3 Å². The molecule has 0 fully saturated rings. The van der Waals surface area contributed by atoms with Crippen LogP contribution in [-0.4, -0.2) is 16.8 Å². The minimum atomic E-state index is -0.595. The van der Waals surface area contributed by atoms with E-state index in [1.165, 1.54) is 18.3 Å². The molecule has 98 valence electrons. The maximum absolute atomic E-state index is 11.9. The van der Waals surface area contributed by atoms with E-state index in [2.05, 4.69) is 10.3 Å². The quantitative estimate of drug-likeness (QED) is 0.913. The summed E-state index contributed by atoms with van der Waals surface area (Å²) in [5.41, 5.74) is 5.36. The topological polar surface area (TPSA) is 85.1 Å². The molecule has 8 heteroatoms. The molecule has 0 saturated heterocycles. The van der Waals surface area contributed by atoms with Crippen LogP contribution in [0, 0.1) is 0 Å². The van der Waals surface area contributed by atoms with Gasteiger partial charge in [0, 0.05) is 5.02 Å². The number of carbonyl (C=O) groups is 2. The lowest BCUT2D eigenvalue weighted by molar-refractivity contribution is 0.100. The molecule has 2 aromatic rings. The Balaban J connectivity index is 2.18. The van der Waals surface area contributed by atoms with E-state index in [-0.39, 0.29) is 20.6 Å². The molecule has 0 saturated carbocycles. The second kappa shape index (κ2) is 5.56. The summed E-state index contributed by atoms with van der Waals surface area (Å²) in [6.45, 7) is 0. The molecule has 0 radical (unpaired) electrons. The number of nitrogens with zero attached hydrogens (tertiary/aromatic N) is 1. The molecule has 3 N–H and O–H groups in total. The molecule has 0 unspecified atom stereocenters. The molecule has 0 aliphatic carbocycles. The number of thiazole rings is 1. The van der Waals surface area contributed by atoms with Gasteiger partial charge in [-0.05, 0) is 18.2 Å². The lowest BCUT2D eigenvalue weighted by Gasteiger charge is -2.04. The van der Waals surface area contributed by atoms with Gasteiger partial charge in [0.05, 0.1) is 16.8 Å². The summed E-state index contributed by atoms with van der Waals surface area (Å²) < 4.78 is 0. The number of anilines is 1. The standard InChI is InChI=1S/C11H7Cl2N3O2S/c12-5-1-2-6(7(13)3-5)10(18)16-11-15-4-8(19-11)9(14)17/h1-4H,(H2,14,17)(H,15,16,18). The van der Waals surface area contributed by atoms with Gasteiger partial charge in [-0.3, -0.25) is 14.9 Å². The van der Waals surface area contributed by atoms with Crippen LogP contribution in [0.4, 0.5) is 5.13 Å². The van der Waals surface area contributed by atoms with Gasteiger partial charge in [-0.25, -0.2) is 4.98 Å². The highest BCUT2D eigenvalue weighted by Gasteiger charge is 2.14. The highest BCUT2D eigenvalue weighted by atomic mass is 35.5. The SMILES string of the molecule is NC(=O)c1cnc(NC(=O)c2ccc(Cl)cc2Cl)s1. The summed E-state index contributed by atoms with van der Waals surface area (Å²) in [5, 5.41) is 3.47. The number of hydrogen-bond acceptors (Lipinski definition) is 4. The Morgan fingerprint density at radius 1 is 1.32 bits per heavy atom. The maximum atomic E-state index is 11.9. The summed E-state index contributed by atoms with van der Waals surface area (Å²) in [6.07, 6.45) is 1.30. The number of rotatable bonds is 3. The second-order valence-electron chi connectivity index (χ2n) is 3.47. The molecular weight excluding hydrogens is 309 g/mol. The fourth-order valence-electron chi connectivity index (χ4n) is 1.28. The smallest absolute Gasteiger partial charge is 0.260 e. The highest BCUT2D eigenvalue weighted by Crippen LogP contribution is 2.23. The molecule has 0 bridgehead atoms. The predicted molar refractivity (Wildman–Crippen MR) is 75.0 cm³/mol. The van der Waals surface area contributed by atoms with Crippen molar-refractivity contribution in [1.29, 1.82) is 0 Å². The maximum Gasteiger partial charge on any atom is 0.260 e. The number of halogens is 2. The zero-order valence-electron chi connectivity index (χ0n) is 9.31. The van der Waals surface area contributed by atoms with Crippen molar-refractivity contribution < 1.29 is 9.59 Å². The van der Waals surface area contributed by atoms with Gasteiger partial charge in [0.15, 0.2) is 5.13 Å². The van der Waals surface area contributed by atoms with Gasteiger partial charge in [-0.1, -0.05) is 34.5 Å². The van der Waals surface area contributed by atoms with Crippen molar-refractivity contribution in [3.05, 3.63) is 44.9 Å². The summed E-state index contributed by atoms with van der Waals surface area (Å²) in [6, 6.07) is 4.52. The van der Waals surface area contributed by atoms with Crippen molar-refractivity contribution >= 4 is 51.5 Å². The fraction of sp³-hybridized carbons (Fsp3) is 0. The van der Waals surface area contributed by atoms with Gasteiger partial charge in [-0.15, -0.1) is 0 Å². The minimum absolute atomic E-state index is 0.233. The first-order valence-electron chi connectivity index (χ1n) is 4.99. The van der Waals surface area contributed by atoms with Crippen LogP contribution in [0.5, 0.6) is 0 Å². The number of primary amides is 1. The molecule has 0 aliphatic rings. The molecule has 1 aromatic carbocycles. The van der Waals surface area contributed by atoms with Crippen LogP contribution in [-0.2, 0) is 0 Å². The molecule has 1 aromatic heterocycles. The number of nitrogens with one attached hydrogen (secondary N) is 1. The Kier molecular flexibility index (Phi) is 4.04.